The summed E-state index contributed by atoms with van der Waals surface area (Å²) in [6.07, 6.45) is 0.500. The molecule has 9 heavy (non-hydrogen) atoms. The van der Waals surface area contributed by atoms with Gasteiger partial charge in [0.2, 0.25) is 0 Å². The zero-order valence-electron chi connectivity index (χ0n) is 5.16. The molecule has 0 bridgehead atoms. The second-order valence-corrected chi connectivity index (χ2v) is 0.167. The quantitative estimate of drug-likeness (QED) is 0.294. The summed E-state index contributed by atoms with van der Waals surface area (Å²) in [6, 6.07) is 0. The topological polar surface area (TPSA) is 17.1 Å². The van der Waals surface area contributed by atoms with Gasteiger partial charge in [-0.3, -0.25) is 0 Å². The van der Waals surface area contributed by atoms with Gasteiger partial charge in [-0.15, -0.1) is 0 Å². The number of hydrogen-bond acceptors (Lipinski definition) is 1. The van der Waals surface area contributed by atoms with E-state index >= 15 is 0 Å². The average molecular weight is 576 g/mol. The van der Waals surface area contributed by atoms with Crippen molar-refractivity contribution in [2.75, 3.05) is 0 Å². The van der Waals surface area contributed by atoms with Crippen molar-refractivity contribution >= 4 is 6.29 Å². The molecule has 1 nitrogen and oxygen atoms in total. The second-order valence-electron chi connectivity index (χ2n) is 0.167. The summed E-state index contributed by atoms with van der Waals surface area (Å²) in [5, 5.41) is 0. The van der Waals surface area contributed by atoms with Crippen LogP contribution >= 0.6 is 0 Å². The maximum Gasteiger partial charge on any atom is 0 e. The Morgan fingerprint density at radius 2 is 0.778 bits per heavy atom. The van der Waals surface area contributed by atoms with Gasteiger partial charge in [-0.2, -0.15) is 0 Å². The molecule has 0 aromatic rings. The van der Waals surface area contributed by atoms with Crippen LogP contribution in [0.25, 0.3) is 0 Å². The summed E-state index contributed by atoms with van der Waals surface area (Å²) in [5.74, 6) is 0. The van der Waals surface area contributed by atoms with Gasteiger partial charge in [0, 0.05) is 196 Å². The van der Waals surface area contributed by atoms with E-state index in [9.17, 15) is 0 Å². The van der Waals surface area contributed by atoms with Crippen LogP contribution in [0, 0.1) is 6.92 Å². The molecule has 0 aliphatic heterocycles. The molecule has 0 amide bonds. The standard InChI is InChI=1S/C2H3O.6Y/c1-2-3;;;;;;/h2H,1H2;;;;;;/q-1;;;;;;. The summed E-state index contributed by atoms with van der Waals surface area (Å²) < 4.78 is 0. The number of carbonyl (C=O) groups excluding carboxylic acids is 1. The normalized spacial score (nSPS) is 1.33. The Hall–Kier alpha value is 6.16. The van der Waals surface area contributed by atoms with Crippen LogP contribution in [0.2, 0.25) is 0 Å². The molecule has 0 unspecified atom stereocenters. The van der Waals surface area contributed by atoms with Crippen LogP contribution in [0.3, 0.4) is 0 Å². The maximum absolute atomic E-state index is 8.69. The van der Waals surface area contributed by atoms with Crippen molar-refractivity contribution in [3.8, 4) is 0 Å². The van der Waals surface area contributed by atoms with Crippen molar-refractivity contribution < 1.29 is 201 Å². The average Bonchev–Trinajstić information content (AvgIpc) is 0.918. The molecule has 6 radical (unpaired) electrons. The van der Waals surface area contributed by atoms with Gasteiger partial charge < -0.3 is 11.7 Å². The van der Waals surface area contributed by atoms with Gasteiger partial charge >= 0.3 is 0 Å². The van der Waals surface area contributed by atoms with Crippen LogP contribution in [0.4, 0.5) is 0 Å². The minimum Gasteiger partial charge on any atom is -0.343 e. The van der Waals surface area contributed by atoms with Gasteiger partial charge in [-0.1, -0.05) is 0 Å². The molecule has 0 aromatic heterocycles. The molecular weight excluding hydrogens is 573 g/mol. The summed E-state index contributed by atoms with van der Waals surface area (Å²) in [7, 11) is 0. The van der Waals surface area contributed by atoms with Crippen LogP contribution < -0.4 is 0 Å². The molecule has 0 saturated carbocycles. The Labute approximate surface area is 208 Å². The first kappa shape index (κ1) is 45.6. The Balaban J connectivity index is -0.00000000133. The van der Waals surface area contributed by atoms with E-state index in [4.69, 9.17) is 4.79 Å². The summed E-state index contributed by atoms with van der Waals surface area (Å²) in [4.78, 5) is 8.69. The Morgan fingerprint density at radius 3 is 0.778 bits per heavy atom. The molecule has 0 N–H and O–H groups in total. The predicted octanol–water partition coefficient (Wildman–Crippen LogP) is 0.00439. The second kappa shape index (κ2) is 47.8. The predicted molar refractivity (Wildman–Crippen MR) is 11.4 cm³/mol. The van der Waals surface area contributed by atoms with E-state index in [0.717, 1.165) is 0 Å². The van der Waals surface area contributed by atoms with Gasteiger partial charge in [-0.25, -0.2) is 0 Å². The van der Waals surface area contributed by atoms with Crippen molar-refractivity contribution in [3.63, 3.8) is 0 Å². The van der Waals surface area contributed by atoms with Gasteiger partial charge in [-0.05, 0) is 6.29 Å². The minimum atomic E-state index is 0. The molecule has 0 aromatic carbocycles. The van der Waals surface area contributed by atoms with E-state index in [1.807, 2.05) is 0 Å². The summed E-state index contributed by atoms with van der Waals surface area (Å²) in [5.41, 5.74) is 0. The number of hydrogen-bond donors (Lipinski definition) is 0. The molecule has 7 heteroatoms. The van der Waals surface area contributed by atoms with Crippen molar-refractivity contribution in [3.05, 3.63) is 6.92 Å². The van der Waals surface area contributed by atoms with E-state index in [0.29, 0.717) is 6.29 Å². The van der Waals surface area contributed by atoms with E-state index < -0.39 is 0 Å². The van der Waals surface area contributed by atoms with E-state index in [2.05, 4.69) is 6.92 Å². The molecule has 0 atom stereocenters. The Bertz CT molecular complexity index is 18.5. The molecule has 0 fully saturated rings. The first-order valence-corrected chi connectivity index (χ1v) is 0.644. The van der Waals surface area contributed by atoms with E-state index in [1.165, 1.54) is 0 Å². The summed E-state index contributed by atoms with van der Waals surface area (Å²) >= 11 is 0. The first-order chi connectivity index (χ1) is 1.41. The van der Waals surface area contributed by atoms with Crippen LogP contribution in [-0.4, -0.2) is 6.29 Å². The molecular formula is C2H3OY6-. The molecule has 0 saturated heterocycles. The van der Waals surface area contributed by atoms with Crippen molar-refractivity contribution in [2.45, 2.75) is 0 Å². The Morgan fingerprint density at radius 1 is 0.778 bits per heavy atom. The fraction of sp³-hybridized carbons (Fsp3) is 0. The summed E-state index contributed by atoms with van der Waals surface area (Å²) in [6.45, 7) is 2.81. The molecule has 36 valence electrons. The van der Waals surface area contributed by atoms with Crippen LogP contribution in [0.15, 0.2) is 0 Å². The fourth-order valence-electron chi connectivity index (χ4n) is 0. The Kier molecular flexibility index (Phi) is 243. The largest absolute Gasteiger partial charge is 0.343 e. The number of rotatable bonds is 0. The third-order valence-corrected chi connectivity index (χ3v) is 0. The zero-order chi connectivity index (χ0) is 2.71. The van der Waals surface area contributed by atoms with Crippen LogP contribution in [0.1, 0.15) is 0 Å². The van der Waals surface area contributed by atoms with Crippen molar-refractivity contribution in [1.82, 2.24) is 0 Å². The van der Waals surface area contributed by atoms with Gasteiger partial charge in [0.1, 0.15) is 0 Å². The van der Waals surface area contributed by atoms with Crippen LogP contribution in [0.5, 0.6) is 0 Å². The third-order valence-electron chi connectivity index (χ3n) is 0. The number of carbonyl (C=O) groups is 1. The van der Waals surface area contributed by atoms with E-state index in [1.54, 1.807) is 0 Å². The van der Waals surface area contributed by atoms with E-state index in [-0.39, 0.29) is 196 Å². The first-order valence-electron chi connectivity index (χ1n) is 0.644. The fourth-order valence-corrected chi connectivity index (χ4v) is 0. The molecule has 0 heterocycles. The van der Waals surface area contributed by atoms with Gasteiger partial charge in [0.05, 0.1) is 0 Å². The SMILES string of the molecule is [CH2-]C=O.[Y].[Y].[Y].[Y].[Y].[Y]. The zero-order valence-corrected chi connectivity index (χ0v) is 22.2. The minimum absolute atomic E-state index is 0. The molecule has 0 rings (SSSR count). The van der Waals surface area contributed by atoms with Gasteiger partial charge in [0.15, 0.2) is 0 Å². The number of aldehydes is 1. The monoisotopic (exact) mass is 576 g/mol. The van der Waals surface area contributed by atoms with Crippen molar-refractivity contribution in [1.29, 1.82) is 0 Å². The third kappa shape index (κ3) is 55.2. The smallest absolute Gasteiger partial charge is 0 e. The van der Waals surface area contributed by atoms with Crippen molar-refractivity contribution in [2.24, 2.45) is 0 Å². The molecule has 0 spiro atoms. The maximum atomic E-state index is 8.69. The molecule has 0 aliphatic rings. The van der Waals surface area contributed by atoms with Gasteiger partial charge in [0.25, 0.3) is 0 Å². The molecule has 0 aliphatic carbocycles. The van der Waals surface area contributed by atoms with Crippen LogP contribution in [-0.2, 0) is 201 Å².